The summed E-state index contributed by atoms with van der Waals surface area (Å²) in [5, 5.41) is 3.64. The number of carbonyl (C=O) groups excluding carboxylic acids is 1. The molecule has 1 saturated heterocycles. The van der Waals surface area contributed by atoms with Crippen molar-refractivity contribution in [3.05, 3.63) is 0 Å². The number of carbonyl (C=O) groups is 1. The van der Waals surface area contributed by atoms with Gasteiger partial charge in [0.05, 0.1) is 5.92 Å². The molecule has 2 atom stereocenters. The lowest BCUT2D eigenvalue weighted by molar-refractivity contribution is -0.136. The molecule has 20 heavy (non-hydrogen) atoms. The van der Waals surface area contributed by atoms with Crippen molar-refractivity contribution >= 4 is 5.91 Å². The third-order valence-corrected chi connectivity index (χ3v) is 5.41. The van der Waals surface area contributed by atoms with Gasteiger partial charge in [-0.25, -0.2) is 0 Å². The molecule has 3 N–H and O–H groups in total. The zero-order valence-corrected chi connectivity index (χ0v) is 12.5. The van der Waals surface area contributed by atoms with Gasteiger partial charge < -0.3 is 16.0 Å². The predicted octanol–water partition coefficient (Wildman–Crippen LogP) is 1.35. The van der Waals surface area contributed by atoms with Crippen molar-refractivity contribution in [1.82, 2.24) is 10.2 Å². The van der Waals surface area contributed by atoms with Crippen LogP contribution in [0.3, 0.4) is 0 Å². The Hall–Kier alpha value is -0.610. The summed E-state index contributed by atoms with van der Waals surface area (Å²) in [6.45, 7) is 3.14. The predicted molar refractivity (Wildman–Crippen MR) is 80.2 cm³/mol. The molecule has 0 aromatic carbocycles. The summed E-state index contributed by atoms with van der Waals surface area (Å²) in [7, 11) is 0. The second kappa shape index (κ2) is 6.44. The van der Waals surface area contributed by atoms with Crippen LogP contribution in [-0.4, -0.2) is 43.0 Å². The van der Waals surface area contributed by atoms with Crippen molar-refractivity contribution in [2.45, 2.75) is 51.0 Å². The summed E-state index contributed by atoms with van der Waals surface area (Å²) >= 11 is 0. The smallest absolute Gasteiger partial charge is 0.227 e. The fourth-order valence-corrected chi connectivity index (χ4v) is 3.65. The molecule has 3 rings (SSSR count). The normalized spacial score (nSPS) is 30.9. The minimum atomic E-state index is 0.191. The molecular formula is C16H29N3O. The van der Waals surface area contributed by atoms with E-state index in [9.17, 15) is 4.79 Å². The van der Waals surface area contributed by atoms with Crippen molar-refractivity contribution in [3.63, 3.8) is 0 Å². The van der Waals surface area contributed by atoms with Gasteiger partial charge in [0.2, 0.25) is 5.91 Å². The van der Waals surface area contributed by atoms with Gasteiger partial charge in [-0.1, -0.05) is 6.42 Å². The van der Waals surface area contributed by atoms with Crippen LogP contribution in [0.2, 0.25) is 0 Å². The molecule has 4 heteroatoms. The molecule has 2 saturated carbocycles. The lowest BCUT2D eigenvalue weighted by Gasteiger charge is -2.40. The molecule has 1 amide bonds. The number of nitrogens with zero attached hydrogens (tertiary/aromatic N) is 1. The van der Waals surface area contributed by atoms with Crippen LogP contribution in [0.15, 0.2) is 0 Å². The molecule has 0 aromatic rings. The Morgan fingerprint density at radius 3 is 2.45 bits per heavy atom. The molecule has 0 radical (unpaired) electrons. The number of nitrogens with one attached hydrogen (secondary N) is 1. The molecule has 0 aromatic heterocycles. The van der Waals surface area contributed by atoms with Crippen molar-refractivity contribution in [3.8, 4) is 0 Å². The lowest BCUT2D eigenvalue weighted by Crippen LogP contribution is -2.50. The highest BCUT2D eigenvalue weighted by Crippen LogP contribution is 2.34. The van der Waals surface area contributed by atoms with Gasteiger partial charge >= 0.3 is 0 Å². The first kappa shape index (κ1) is 14.3. The van der Waals surface area contributed by atoms with Gasteiger partial charge in [0, 0.05) is 32.2 Å². The number of amides is 1. The molecule has 3 fully saturated rings. The van der Waals surface area contributed by atoms with Gasteiger partial charge in [0.1, 0.15) is 0 Å². The third-order valence-electron chi connectivity index (χ3n) is 5.41. The first-order chi connectivity index (χ1) is 9.78. The Bertz CT molecular complexity index is 331. The molecule has 3 aliphatic rings. The molecular weight excluding hydrogens is 250 g/mol. The molecule has 1 heterocycles. The van der Waals surface area contributed by atoms with Crippen LogP contribution in [0.5, 0.6) is 0 Å². The van der Waals surface area contributed by atoms with Crippen molar-refractivity contribution < 1.29 is 4.79 Å². The monoisotopic (exact) mass is 279 g/mol. The Kier molecular flexibility index (Phi) is 4.61. The quantitative estimate of drug-likeness (QED) is 0.771. The molecule has 4 nitrogen and oxygen atoms in total. The number of nitrogens with two attached hydrogens (primary N) is 1. The van der Waals surface area contributed by atoms with Gasteiger partial charge in [0.25, 0.3) is 0 Å². The average Bonchev–Trinajstić information content (AvgIpc) is 3.20. The summed E-state index contributed by atoms with van der Waals surface area (Å²) in [6, 6.07) is 0.680. The van der Waals surface area contributed by atoms with Crippen LogP contribution in [0, 0.1) is 17.8 Å². The summed E-state index contributed by atoms with van der Waals surface area (Å²) in [4.78, 5) is 14.7. The zero-order valence-electron chi connectivity index (χ0n) is 12.5. The second-order valence-electron chi connectivity index (χ2n) is 7.00. The van der Waals surface area contributed by atoms with E-state index in [1.165, 1.54) is 38.5 Å². The maximum Gasteiger partial charge on any atom is 0.227 e. The molecule has 114 valence electrons. The van der Waals surface area contributed by atoms with Crippen LogP contribution in [0.25, 0.3) is 0 Å². The van der Waals surface area contributed by atoms with Crippen LogP contribution in [-0.2, 0) is 4.79 Å². The fourth-order valence-electron chi connectivity index (χ4n) is 3.65. The highest BCUT2D eigenvalue weighted by Gasteiger charge is 2.35. The van der Waals surface area contributed by atoms with Gasteiger partial charge in [0.15, 0.2) is 0 Å². The number of rotatable bonds is 6. The fraction of sp³-hybridized carbons (Fsp3) is 0.938. The topological polar surface area (TPSA) is 58.4 Å². The van der Waals surface area contributed by atoms with Crippen LogP contribution >= 0.6 is 0 Å². The lowest BCUT2D eigenvalue weighted by atomic mass is 9.75. The Morgan fingerprint density at radius 2 is 1.95 bits per heavy atom. The van der Waals surface area contributed by atoms with Crippen LogP contribution in [0.4, 0.5) is 0 Å². The SMILES string of the molecule is NCCN(CC1CC1)C(=O)C1CCC(C2CCC2)NC1. The summed E-state index contributed by atoms with van der Waals surface area (Å²) in [5.41, 5.74) is 5.67. The van der Waals surface area contributed by atoms with Gasteiger partial charge in [-0.05, 0) is 50.4 Å². The minimum Gasteiger partial charge on any atom is -0.341 e. The highest BCUT2D eigenvalue weighted by molar-refractivity contribution is 5.79. The van der Waals surface area contributed by atoms with Gasteiger partial charge in [-0.3, -0.25) is 4.79 Å². The Morgan fingerprint density at radius 1 is 1.15 bits per heavy atom. The van der Waals surface area contributed by atoms with E-state index in [0.717, 1.165) is 37.9 Å². The first-order valence-electron chi connectivity index (χ1n) is 8.50. The van der Waals surface area contributed by atoms with Crippen LogP contribution in [0.1, 0.15) is 44.9 Å². The van der Waals surface area contributed by atoms with E-state index in [2.05, 4.69) is 5.32 Å². The first-order valence-corrected chi connectivity index (χ1v) is 8.50. The molecule has 2 aliphatic carbocycles. The summed E-state index contributed by atoms with van der Waals surface area (Å²) in [5.74, 6) is 2.18. The van der Waals surface area contributed by atoms with E-state index in [1.807, 2.05) is 4.90 Å². The molecule has 1 aliphatic heterocycles. The number of piperidine rings is 1. The largest absolute Gasteiger partial charge is 0.341 e. The number of hydrogen-bond donors (Lipinski definition) is 2. The maximum atomic E-state index is 12.6. The summed E-state index contributed by atoms with van der Waals surface area (Å²) < 4.78 is 0. The van der Waals surface area contributed by atoms with Gasteiger partial charge in [-0.2, -0.15) is 0 Å². The van der Waals surface area contributed by atoms with Crippen molar-refractivity contribution in [2.24, 2.45) is 23.5 Å². The van der Waals surface area contributed by atoms with Crippen molar-refractivity contribution in [1.29, 1.82) is 0 Å². The average molecular weight is 279 g/mol. The number of hydrogen-bond acceptors (Lipinski definition) is 3. The van der Waals surface area contributed by atoms with Crippen LogP contribution < -0.4 is 11.1 Å². The standard InChI is InChI=1S/C16H29N3O/c17-8-9-19(11-12-4-5-12)16(20)14-6-7-15(18-10-14)13-2-1-3-13/h12-15,18H,1-11,17H2. The highest BCUT2D eigenvalue weighted by atomic mass is 16.2. The van der Waals surface area contributed by atoms with E-state index in [0.29, 0.717) is 18.5 Å². The van der Waals surface area contributed by atoms with E-state index in [-0.39, 0.29) is 5.92 Å². The Balaban J connectivity index is 1.48. The van der Waals surface area contributed by atoms with Gasteiger partial charge in [-0.15, -0.1) is 0 Å². The van der Waals surface area contributed by atoms with E-state index in [4.69, 9.17) is 5.73 Å². The van der Waals surface area contributed by atoms with E-state index in [1.54, 1.807) is 0 Å². The summed E-state index contributed by atoms with van der Waals surface area (Å²) in [6.07, 6.45) is 9.01. The maximum absolute atomic E-state index is 12.6. The zero-order chi connectivity index (χ0) is 13.9. The molecule has 0 spiro atoms. The molecule has 2 unspecified atom stereocenters. The molecule has 0 bridgehead atoms. The second-order valence-corrected chi connectivity index (χ2v) is 7.00. The van der Waals surface area contributed by atoms with E-state index >= 15 is 0 Å². The van der Waals surface area contributed by atoms with E-state index < -0.39 is 0 Å². The third kappa shape index (κ3) is 3.34. The minimum absolute atomic E-state index is 0.191. The Labute approximate surface area is 122 Å². The van der Waals surface area contributed by atoms with Crippen molar-refractivity contribution in [2.75, 3.05) is 26.2 Å².